The van der Waals surface area contributed by atoms with Gasteiger partial charge in [-0.2, -0.15) is 0 Å². The van der Waals surface area contributed by atoms with E-state index >= 15 is 0 Å². The van der Waals surface area contributed by atoms with E-state index < -0.39 is 0 Å². The number of likely N-dealkylation sites (tertiary alicyclic amines) is 1. The highest BCUT2D eigenvalue weighted by molar-refractivity contribution is 5.95. The number of hydrogen-bond donors (Lipinski definition) is 0. The van der Waals surface area contributed by atoms with Crippen molar-refractivity contribution >= 4 is 5.78 Å². The summed E-state index contributed by atoms with van der Waals surface area (Å²) >= 11 is 0. The Balaban J connectivity index is 1.71. The third-order valence-corrected chi connectivity index (χ3v) is 4.55. The minimum atomic E-state index is 0.168. The molecule has 0 radical (unpaired) electrons. The van der Waals surface area contributed by atoms with Crippen LogP contribution in [0.3, 0.4) is 0 Å². The van der Waals surface area contributed by atoms with Gasteiger partial charge in [-0.15, -0.1) is 0 Å². The largest absolute Gasteiger partial charge is 0.494 e. The van der Waals surface area contributed by atoms with Crippen molar-refractivity contribution in [1.29, 1.82) is 0 Å². The molecule has 4 nitrogen and oxygen atoms in total. The van der Waals surface area contributed by atoms with Gasteiger partial charge in [0.1, 0.15) is 12.0 Å². The van der Waals surface area contributed by atoms with E-state index in [1.807, 2.05) is 31.2 Å². The van der Waals surface area contributed by atoms with Crippen molar-refractivity contribution in [3.63, 3.8) is 0 Å². The quantitative estimate of drug-likeness (QED) is 0.540. The Bertz CT molecular complexity index is 486. The Hall–Kier alpha value is -1.39. The van der Waals surface area contributed by atoms with Gasteiger partial charge in [0, 0.05) is 32.2 Å². The average molecular weight is 319 g/mol. The lowest BCUT2D eigenvalue weighted by Gasteiger charge is -2.37. The van der Waals surface area contributed by atoms with Gasteiger partial charge < -0.3 is 9.47 Å². The second-order valence-corrected chi connectivity index (χ2v) is 6.36. The molecule has 1 aliphatic rings. The molecule has 2 unspecified atom stereocenters. The number of benzene rings is 1. The van der Waals surface area contributed by atoms with E-state index in [0.717, 1.165) is 43.2 Å². The zero-order valence-electron chi connectivity index (χ0n) is 14.6. The van der Waals surface area contributed by atoms with Gasteiger partial charge in [-0.05, 0) is 49.4 Å². The van der Waals surface area contributed by atoms with E-state index in [1.54, 1.807) is 7.11 Å². The van der Waals surface area contributed by atoms with Crippen LogP contribution in [-0.2, 0) is 4.74 Å². The van der Waals surface area contributed by atoms with Gasteiger partial charge in [0.05, 0.1) is 6.61 Å². The molecule has 1 heterocycles. The van der Waals surface area contributed by atoms with Crippen LogP contribution in [0.4, 0.5) is 0 Å². The van der Waals surface area contributed by atoms with Crippen LogP contribution in [-0.4, -0.2) is 43.7 Å². The monoisotopic (exact) mass is 319 g/mol. The number of hydrogen-bond acceptors (Lipinski definition) is 4. The molecule has 1 saturated heterocycles. The number of rotatable bonds is 8. The maximum absolute atomic E-state index is 11.6. The van der Waals surface area contributed by atoms with Crippen molar-refractivity contribution in [1.82, 2.24) is 4.90 Å². The van der Waals surface area contributed by atoms with E-state index in [0.29, 0.717) is 13.0 Å². The van der Waals surface area contributed by atoms with Crippen LogP contribution in [0.15, 0.2) is 24.3 Å². The lowest BCUT2D eigenvalue weighted by molar-refractivity contribution is -0.0696. The highest BCUT2D eigenvalue weighted by Crippen LogP contribution is 2.23. The maximum atomic E-state index is 11.6. The van der Waals surface area contributed by atoms with E-state index in [4.69, 9.17) is 9.47 Å². The lowest BCUT2D eigenvalue weighted by atomic mass is 9.97. The van der Waals surface area contributed by atoms with Crippen molar-refractivity contribution in [2.24, 2.45) is 5.92 Å². The Morgan fingerprint density at radius 3 is 2.70 bits per heavy atom. The van der Waals surface area contributed by atoms with Crippen molar-refractivity contribution < 1.29 is 14.3 Å². The molecular weight excluding hydrogens is 290 g/mol. The van der Waals surface area contributed by atoms with Crippen molar-refractivity contribution in [3.8, 4) is 5.75 Å². The normalized spacial score (nSPS) is 22.0. The Kier molecular flexibility index (Phi) is 7.06. The fraction of sp³-hybridized carbons (Fsp3) is 0.632. The molecule has 2 rings (SSSR count). The third kappa shape index (κ3) is 5.33. The first-order valence-electron chi connectivity index (χ1n) is 8.67. The summed E-state index contributed by atoms with van der Waals surface area (Å²) in [5.74, 6) is 1.74. The van der Waals surface area contributed by atoms with Gasteiger partial charge in [-0.3, -0.25) is 9.69 Å². The second kappa shape index (κ2) is 9.04. The summed E-state index contributed by atoms with van der Waals surface area (Å²) in [6, 6.07) is 7.44. The summed E-state index contributed by atoms with van der Waals surface area (Å²) in [6.45, 7) is 6.95. The summed E-state index contributed by atoms with van der Waals surface area (Å²) in [7, 11) is 1.80. The highest BCUT2D eigenvalue weighted by Gasteiger charge is 2.25. The van der Waals surface area contributed by atoms with E-state index in [9.17, 15) is 4.79 Å². The predicted octanol–water partition coefficient (Wildman–Crippen LogP) is 3.75. The van der Waals surface area contributed by atoms with Crippen LogP contribution in [0.25, 0.3) is 0 Å². The lowest BCUT2D eigenvalue weighted by Crippen LogP contribution is -2.43. The minimum absolute atomic E-state index is 0.168. The molecule has 2 atom stereocenters. The van der Waals surface area contributed by atoms with Crippen molar-refractivity contribution in [3.05, 3.63) is 29.8 Å². The Labute approximate surface area is 139 Å². The van der Waals surface area contributed by atoms with Gasteiger partial charge in [0.2, 0.25) is 0 Å². The van der Waals surface area contributed by atoms with Crippen LogP contribution in [0.5, 0.6) is 5.75 Å². The number of methoxy groups -OCH3 is 1. The predicted molar refractivity (Wildman–Crippen MR) is 91.9 cm³/mol. The summed E-state index contributed by atoms with van der Waals surface area (Å²) in [4.78, 5) is 14.0. The van der Waals surface area contributed by atoms with Crippen LogP contribution in [0.1, 0.15) is 49.9 Å². The SMILES string of the molecule is CCC(=O)c1ccc(OCCCN2CCC(C)CC2OC)cc1. The molecular formula is C19H29NO3. The fourth-order valence-corrected chi connectivity index (χ4v) is 3.04. The highest BCUT2D eigenvalue weighted by atomic mass is 16.5. The molecule has 0 bridgehead atoms. The third-order valence-electron chi connectivity index (χ3n) is 4.55. The van der Waals surface area contributed by atoms with Crippen LogP contribution < -0.4 is 4.74 Å². The van der Waals surface area contributed by atoms with Gasteiger partial charge in [0.25, 0.3) is 0 Å². The summed E-state index contributed by atoms with van der Waals surface area (Å²) in [6.07, 6.45) is 4.12. The minimum Gasteiger partial charge on any atom is -0.494 e. The van der Waals surface area contributed by atoms with Crippen LogP contribution >= 0.6 is 0 Å². The molecule has 1 fully saturated rings. The first-order chi connectivity index (χ1) is 11.1. The number of nitrogens with zero attached hydrogens (tertiary/aromatic N) is 1. The van der Waals surface area contributed by atoms with Crippen molar-refractivity contribution in [2.75, 3.05) is 26.8 Å². The summed E-state index contributed by atoms with van der Waals surface area (Å²) in [5.41, 5.74) is 0.755. The maximum Gasteiger partial charge on any atom is 0.162 e. The number of carbonyl (C=O) groups is 1. The number of ether oxygens (including phenoxy) is 2. The van der Waals surface area contributed by atoms with Crippen LogP contribution in [0, 0.1) is 5.92 Å². The topological polar surface area (TPSA) is 38.8 Å². The molecule has 0 aromatic heterocycles. The standard InChI is InChI=1S/C19H29NO3/c1-4-18(21)16-6-8-17(9-7-16)23-13-5-11-20-12-10-15(2)14-19(20)22-3/h6-9,15,19H,4-5,10-14H2,1-3H3. The number of piperidine rings is 1. The molecule has 1 aromatic carbocycles. The van der Waals surface area contributed by atoms with Crippen molar-refractivity contribution in [2.45, 2.75) is 45.8 Å². The molecule has 0 spiro atoms. The van der Waals surface area contributed by atoms with Crippen LogP contribution in [0.2, 0.25) is 0 Å². The van der Waals surface area contributed by atoms with Gasteiger partial charge in [-0.1, -0.05) is 13.8 Å². The molecule has 4 heteroatoms. The first kappa shape index (κ1) is 18.0. The summed E-state index contributed by atoms with van der Waals surface area (Å²) < 4.78 is 11.4. The Morgan fingerprint density at radius 1 is 1.30 bits per heavy atom. The molecule has 0 amide bonds. The van der Waals surface area contributed by atoms with E-state index in [1.165, 1.54) is 6.42 Å². The number of Topliss-reactive ketones (excluding diaryl/α,β-unsaturated/α-hetero) is 1. The number of ketones is 1. The Morgan fingerprint density at radius 2 is 2.04 bits per heavy atom. The zero-order valence-corrected chi connectivity index (χ0v) is 14.6. The molecule has 23 heavy (non-hydrogen) atoms. The molecule has 1 aliphatic heterocycles. The molecule has 0 saturated carbocycles. The molecule has 0 aliphatic carbocycles. The zero-order chi connectivity index (χ0) is 16.7. The van der Waals surface area contributed by atoms with Gasteiger partial charge in [-0.25, -0.2) is 0 Å². The van der Waals surface area contributed by atoms with Gasteiger partial charge in [0.15, 0.2) is 5.78 Å². The van der Waals surface area contributed by atoms with E-state index in [2.05, 4.69) is 11.8 Å². The molecule has 128 valence electrons. The fourth-order valence-electron chi connectivity index (χ4n) is 3.04. The average Bonchev–Trinajstić information content (AvgIpc) is 2.59. The summed E-state index contributed by atoms with van der Waals surface area (Å²) in [5, 5.41) is 0. The van der Waals surface area contributed by atoms with E-state index in [-0.39, 0.29) is 12.0 Å². The first-order valence-corrected chi connectivity index (χ1v) is 8.67. The van der Waals surface area contributed by atoms with Gasteiger partial charge >= 0.3 is 0 Å². The molecule has 0 N–H and O–H groups in total. The second-order valence-electron chi connectivity index (χ2n) is 6.36. The smallest absolute Gasteiger partial charge is 0.162 e. The molecule has 1 aromatic rings. The number of carbonyl (C=O) groups excluding carboxylic acids is 1.